The highest BCUT2D eigenvalue weighted by Crippen LogP contribution is 2.41. The van der Waals surface area contributed by atoms with Crippen LogP contribution in [-0.4, -0.2) is 19.9 Å². The van der Waals surface area contributed by atoms with E-state index in [9.17, 15) is 0 Å². The van der Waals surface area contributed by atoms with Crippen molar-refractivity contribution in [3.8, 4) is 78.7 Å². The minimum atomic E-state index is 0.605. The van der Waals surface area contributed by atoms with Crippen molar-refractivity contribution in [3.63, 3.8) is 0 Å². The van der Waals surface area contributed by atoms with Crippen molar-refractivity contribution in [1.29, 1.82) is 0 Å². The van der Waals surface area contributed by atoms with Crippen LogP contribution in [0.3, 0.4) is 0 Å². The largest absolute Gasteiger partial charge is 0.264 e. The lowest BCUT2D eigenvalue weighted by Gasteiger charge is -2.17. The molecule has 0 aliphatic carbocycles. The van der Waals surface area contributed by atoms with Crippen LogP contribution in [0, 0.1) is 0 Å². The number of hydrogen-bond acceptors (Lipinski definition) is 4. The van der Waals surface area contributed by atoms with E-state index < -0.39 is 0 Å². The molecule has 4 nitrogen and oxygen atoms in total. The Morgan fingerprint density at radius 1 is 0.288 bits per heavy atom. The zero-order chi connectivity index (χ0) is 34.7. The van der Waals surface area contributed by atoms with Crippen LogP contribution in [0.15, 0.2) is 194 Å². The molecule has 2 heterocycles. The van der Waals surface area contributed by atoms with E-state index in [1.807, 2.05) is 24.4 Å². The summed E-state index contributed by atoms with van der Waals surface area (Å²) >= 11 is 0. The van der Waals surface area contributed by atoms with E-state index >= 15 is 0 Å². The van der Waals surface area contributed by atoms with Gasteiger partial charge in [-0.15, -0.1) is 0 Å². The number of rotatable bonds is 7. The average molecular weight is 665 g/mol. The van der Waals surface area contributed by atoms with E-state index in [1.165, 1.54) is 10.8 Å². The molecular weight excluding hydrogens is 633 g/mol. The molecule has 7 aromatic carbocycles. The Morgan fingerprint density at radius 3 is 1.37 bits per heavy atom. The van der Waals surface area contributed by atoms with Gasteiger partial charge in [0.2, 0.25) is 0 Å². The summed E-state index contributed by atoms with van der Waals surface area (Å²) in [6, 6.07) is 63.2. The van der Waals surface area contributed by atoms with E-state index in [-0.39, 0.29) is 0 Å². The van der Waals surface area contributed by atoms with Crippen molar-refractivity contribution in [2.75, 3.05) is 0 Å². The molecule has 0 amide bonds. The van der Waals surface area contributed by atoms with Gasteiger partial charge in [-0.05, 0) is 56.3 Å². The normalized spacial score (nSPS) is 11.1. The quantitative estimate of drug-likeness (QED) is 0.170. The van der Waals surface area contributed by atoms with Gasteiger partial charge in [-0.1, -0.05) is 170 Å². The van der Waals surface area contributed by atoms with E-state index in [0.717, 1.165) is 61.2 Å². The first kappa shape index (κ1) is 31.0. The highest BCUT2D eigenvalue weighted by molar-refractivity contribution is 5.97. The average Bonchev–Trinajstić information content (AvgIpc) is 3.24. The summed E-state index contributed by atoms with van der Waals surface area (Å²) in [4.78, 5) is 20.0. The Bertz CT molecular complexity index is 2540. The molecule has 0 spiro atoms. The summed E-state index contributed by atoms with van der Waals surface area (Å²) in [6.07, 6.45) is 3.72. The molecule has 0 radical (unpaired) electrons. The molecule has 52 heavy (non-hydrogen) atoms. The van der Waals surface area contributed by atoms with Crippen molar-refractivity contribution in [3.05, 3.63) is 194 Å². The van der Waals surface area contributed by atoms with E-state index in [4.69, 9.17) is 15.0 Å². The highest BCUT2D eigenvalue weighted by atomic mass is 15.0. The maximum atomic E-state index is 5.21. The van der Waals surface area contributed by atoms with Crippen LogP contribution in [0.1, 0.15) is 0 Å². The summed E-state index contributed by atoms with van der Waals surface area (Å²) in [5, 5.41) is 2.36. The van der Waals surface area contributed by atoms with Crippen LogP contribution in [-0.2, 0) is 0 Å². The third-order valence-electron chi connectivity index (χ3n) is 9.45. The second kappa shape index (κ2) is 13.7. The van der Waals surface area contributed by atoms with E-state index in [1.54, 1.807) is 6.20 Å². The van der Waals surface area contributed by atoms with Gasteiger partial charge >= 0.3 is 0 Å². The molecule has 9 aromatic rings. The maximum absolute atomic E-state index is 5.21. The van der Waals surface area contributed by atoms with Crippen molar-refractivity contribution in [2.24, 2.45) is 0 Å². The minimum Gasteiger partial charge on any atom is -0.264 e. The Balaban J connectivity index is 1.24. The first-order chi connectivity index (χ1) is 25.8. The maximum Gasteiger partial charge on any atom is 0.164 e. The lowest BCUT2D eigenvalue weighted by atomic mass is 9.89. The van der Waals surface area contributed by atoms with Gasteiger partial charge < -0.3 is 0 Å². The lowest BCUT2D eigenvalue weighted by Crippen LogP contribution is -2.02. The van der Waals surface area contributed by atoms with Crippen LogP contribution in [0.25, 0.3) is 89.4 Å². The van der Waals surface area contributed by atoms with Gasteiger partial charge in [0.1, 0.15) is 0 Å². The van der Waals surface area contributed by atoms with Crippen LogP contribution in [0.2, 0.25) is 0 Å². The monoisotopic (exact) mass is 664 g/mol. The van der Waals surface area contributed by atoms with Gasteiger partial charge in [0.05, 0.1) is 0 Å². The predicted molar refractivity (Wildman–Crippen MR) is 213 cm³/mol. The summed E-state index contributed by atoms with van der Waals surface area (Å²) in [7, 11) is 0. The van der Waals surface area contributed by atoms with Crippen LogP contribution in [0.5, 0.6) is 0 Å². The fourth-order valence-electron chi connectivity index (χ4n) is 6.80. The van der Waals surface area contributed by atoms with E-state index in [0.29, 0.717) is 17.5 Å². The molecule has 2 aromatic heterocycles. The molecule has 0 aliphatic heterocycles. The second-order valence-electron chi connectivity index (χ2n) is 12.7. The van der Waals surface area contributed by atoms with Crippen LogP contribution in [0.4, 0.5) is 0 Å². The third-order valence-corrected chi connectivity index (χ3v) is 9.45. The van der Waals surface area contributed by atoms with E-state index in [2.05, 4.69) is 169 Å². The first-order valence-corrected chi connectivity index (χ1v) is 17.4. The van der Waals surface area contributed by atoms with Crippen LogP contribution < -0.4 is 0 Å². The number of nitrogens with zero attached hydrogens (tertiary/aromatic N) is 4. The third kappa shape index (κ3) is 6.14. The molecule has 9 rings (SSSR count). The summed E-state index contributed by atoms with van der Waals surface area (Å²) in [5.41, 5.74) is 11.6. The molecule has 0 N–H and O–H groups in total. The summed E-state index contributed by atoms with van der Waals surface area (Å²) in [5.74, 6) is 1.83. The standard InChI is InChI=1S/C48H32N4/c1-3-11-33(12-4-1)36-20-25-38(26-21-36)46-50-47(39-27-22-37(23-28-39)34-13-5-2-6-14-34)52-48(51-46)44-19-9-18-43(42-17-10-30-49-32-42)45(44)41-29-24-35-15-7-8-16-40(35)31-41/h1-32H. The fraction of sp³-hybridized carbons (Fsp3) is 0. The summed E-state index contributed by atoms with van der Waals surface area (Å²) < 4.78 is 0. The minimum absolute atomic E-state index is 0.605. The van der Waals surface area contributed by atoms with Crippen LogP contribution >= 0.6 is 0 Å². The van der Waals surface area contributed by atoms with Crippen molar-refractivity contribution >= 4 is 10.8 Å². The zero-order valence-corrected chi connectivity index (χ0v) is 28.3. The molecule has 0 bridgehead atoms. The predicted octanol–water partition coefficient (Wildman–Crippen LogP) is 12.1. The molecule has 0 saturated heterocycles. The molecule has 0 saturated carbocycles. The molecule has 0 unspecified atom stereocenters. The molecular formula is C48H32N4. The summed E-state index contributed by atoms with van der Waals surface area (Å²) in [6.45, 7) is 0. The Labute approximate surface area is 302 Å². The second-order valence-corrected chi connectivity index (χ2v) is 12.7. The Hall–Kier alpha value is -7.04. The van der Waals surface area contributed by atoms with Gasteiger partial charge in [0, 0.05) is 40.2 Å². The molecule has 0 atom stereocenters. The zero-order valence-electron chi connectivity index (χ0n) is 28.3. The van der Waals surface area contributed by atoms with Gasteiger partial charge in [0.25, 0.3) is 0 Å². The topological polar surface area (TPSA) is 51.6 Å². The number of aromatic nitrogens is 4. The van der Waals surface area contributed by atoms with Gasteiger partial charge in [-0.2, -0.15) is 0 Å². The van der Waals surface area contributed by atoms with Crippen molar-refractivity contribution in [2.45, 2.75) is 0 Å². The van der Waals surface area contributed by atoms with Crippen molar-refractivity contribution in [1.82, 2.24) is 19.9 Å². The lowest BCUT2D eigenvalue weighted by molar-refractivity contribution is 1.07. The van der Waals surface area contributed by atoms with Gasteiger partial charge in [-0.3, -0.25) is 4.98 Å². The van der Waals surface area contributed by atoms with Crippen molar-refractivity contribution < 1.29 is 0 Å². The number of benzene rings is 7. The Kier molecular flexibility index (Phi) is 8.16. The smallest absolute Gasteiger partial charge is 0.164 e. The molecule has 0 fully saturated rings. The molecule has 4 heteroatoms. The number of fused-ring (bicyclic) bond motifs is 1. The molecule has 244 valence electrons. The number of hydrogen-bond donors (Lipinski definition) is 0. The first-order valence-electron chi connectivity index (χ1n) is 17.4. The van der Waals surface area contributed by atoms with Gasteiger partial charge in [0.15, 0.2) is 17.5 Å². The van der Waals surface area contributed by atoms with Gasteiger partial charge in [-0.25, -0.2) is 15.0 Å². The SMILES string of the molecule is c1ccc(-c2ccc(-c3nc(-c4ccc(-c5ccccc5)cc4)nc(-c4cccc(-c5cccnc5)c4-c4ccc5ccccc5c4)n3)cc2)cc1. The fourth-order valence-corrected chi connectivity index (χ4v) is 6.80. The highest BCUT2D eigenvalue weighted by Gasteiger charge is 2.19. The Morgan fingerprint density at radius 2 is 0.769 bits per heavy atom. The molecule has 0 aliphatic rings. The number of pyridine rings is 1.